The predicted molar refractivity (Wildman–Crippen MR) is 106 cm³/mol. The van der Waals surface area contributed by atoms with Crippen LogP contribution in [0.2, 0.25) is 0 Å². The lowest BCUT2D eigenvalue weighted by molar-refractivity contribution is 0.325. The third kappa shape index (κ3) is 19.9. The minimum absolute atomic E-state index is 1.11. The Morgan fingerprint density at radius 3 is 1.35 bits per heavy atom. The Hall–Kier alpha value is -0.0800. The van der Waals surface area contributed by atoms with Crippen LogP contribution in [0.15, 0.2) is 0 Å². The largest absolute Gasteiger partial charge is 0.318 e. The quantitative estimate of drug-likeness (QED) is 0.292. The fraction of sp³-hybridized carbons (Fsp3) is 1.00. The van der Waals surface area contributed by atoms with E-state index in [9.17, 15) is 0 Å². The summed E-state index contributed by atoms with van der Waals surface area (Å²) >= 11 is 0. The van der Waals surface area contributed by atoms with Crippen molar-refractivity contribution in [2.75, 3.05) is 33.7 Å². The van der Waals surface area contributed by atoms with Crippen LogP contribution in [0, 0.1) is 0 Å². The van der Waals surface area contributed by atoms with Crippen LogP contribution in [0.5, 0.6) is 0 Å². The number of nitrogens with one attached hydrogen (secondary N) is 1. The summed E-state index contributed by atoms with van der Waals surface area (Å²) in [6.07, 6.45) is 21.7. The molecule has 0 aromatic carbocycles. The number of hydrogen-bond acceptors (Lipinski definition) is 2. The van der Waals surface area contributed by atoms with Crippen molar-refractivity contribution in [1.82, 2.24) is 10.2 Å². The number of rotatable bonds is 19. The van der Waals surface area contributed by atoms with E-state index in [1.165, 1.54) is 109 Å². The molecule has 0 unspecified atom stereocenters. The number of likely N-dealkylation sites (N-methyl/N-ethyl adjacent to an activating group) is 2. The molecule has 0 spiro atoms. The average molecular weight is 327 g/mol. The highest BCUT2D eigenvalue weighted by atomic mass is 15.1. The van der Waals surface area contributed by atoms with Gasteiger partial charge in [-0.1, -0.05) is 96.8 Å². The molecule has 0 radical (unpaired) electrons. The summed E-state index contributed by atoms with van der Waals surface area (Å²) in [5.41, 5.74) is 0. The summed E-state index contributed by atoms with van der Waals surface area (Å²) in [7, 11) is 4.27. The fourth-order valence-electron chi connectivity index (χ4n) is 3.17. The first kappa shape index (κ1) is 22.9. The Kier molecular flexibility index (Phi) is 19.9. The first-order valence-corrected chi connectivity index (χ1v) is 10.6. The van der Waals surface area contributed by atoms with Gasteiger partial charge < -0.3 is 10.2 Å². The van der Waals surface area contributed by atoms with Crippen LogP contribution in [0.1, 0.15) is 103 Å². The highest BCUT2D eigenvalue weighted by Gasteiger charge is 1.97. The molecule has 1 N–H and O–H groups in total. The molecule has 0 amide bonds. The Labute approximate surface area is 147 Å². The van der Waals surface area contributed by atoms with Crippen LogP contribution < -0.4 is 5.32 Å². The number of unbranched alkanes of at least 4 members (excludes halogenated alkanes) is 14. The molecule has 23 heavy (non-hydrogen) atoms. The number of nitrogens with zero attached hydrogens (tertiary/aromatic N) is 1. The summed E-state index contributed by atoms with van der Waals surface area (Å²) in [6.45, 7) is 5.84. The van der Waals surface area contributed by atoms with Crippen molar-refractivity contribution < 1.29 is 0 Å². The van der Waals surface area contributed by atoms with Gasteiger partial charge in [0, 0.05) is 13.1 Å². The van der Waals surface area contributed by atoms with E-state index in [2.05, 4.69) is 24.2 Å². The molecule has 0 saturated heterocycles. The molecule has 0 heterocycles. The zero-order valence-electron chi connectivity index (χ0n) is 16.7. The predicted octanol–water partition coefficient (Wildman–Crippen LogP) is 6.01. The van der Waals surface area contributed by atoms with Crippen LogP contribution in [-0.2, 0) is 0 Å². The van der Waals surface area contributed by atoms with E-state index in [1.807, 2.05) is 7.05 Å². The second-order valence-electron chi connectivity index (χ2n) is 7.36. The number of hydrogen-bond donors (Lipinski definition) is 1. The molecule has 0 aromatic rings. The second-order valence-corrected chi connectivity index (χ2v) is 7.36. The Morgan fingerprint density at radius 2 is 0.957 bits per heavy atom. The van der Waals surface area contributed by atoms with Gasteiger partial charge in [0.1, 0.15) is 0 Å². The Bertz CT molecular complexity index is 206. The average Bonchev–Trinajstić information content (AvgIpc) is 2.56. The van der Waals surface area contributed by atoms with Gasteiger partial charge in [-0.2, -0.15) is 0 Å². The summed E-state index contributed by atoms with van der Waals surface area (Å²) in [5.74, 6) is 0. The summed E-state index contributed by atoms with van der Waals surface area (Å²) < 4.78 is 0. The van der Waals surface area contributed by atoms with Crippen molar-refractivity contribution in [3.63, 3.8) is 0 Å². The van der Waals surface area contributed by atoms with E-state index in [4.69, 9.17) is 0 Å². The monoisotopic (exact) mass is 326 g/mol. The summed E-state index contributed by atoms with van der Waals surface area (Å²) in [4.78, 5) is 2.44. The summed E-state index contributed by atoms with van der Waals surface area (Å²) in [6, 6.07) is 0. The molecule has 2 nitrogen and oxygen atoms in total. The second kappa shape index (κ2) is 20.0. The standard InChI is InChI=1S/C21H46N2/c1-4-5-6-7-8-9-10-11-12-13-14-15-16-17-18-20-23(3)21-19-22-2/h22H,4-21H2,1-3H3. The van der Waals surface area contributed by atoms with Gasteiger partial charge in [0.2, 0.25) is 0 Å². The Morgan fingerprint density at radius 1 is 0.565 bits per heavy atom. The Balaban J connectivity index is 3.02. The van der Waals surface area contributed by atoms with E-state index in [0.29, 0.717) is 0 Å². The van der Waals surface area contributed by atoms with Crippen molar-refractivity contribution in [1.29, 1.82) is 0 Å². The lowest BCUT2D eigenvalue weighted by atomic mass is 10.0. The lowest BCUT2D eigenvalue weighted by Gasteiger charge is -2.15. The maximum atomic E-state index is 3.21. The molecule has 0 aliphatic rings. The topological polar surface area (TPSA) is 15.3 Å². The molecule has 0 aromatic heterocycles. The molecule has 0 aliphatic carbocycles. The van der Waals surface area contributed by atoms with E-state index < -0.39 is 0 Å². The van der Waals surface area contributed by atoms with Gasteiger partial charge in [-0.3, -0.25) is 0 Å². The molecule has 2 heteroatoms. The van der Waals surface area contributed by atoms with Crippen molar-refractivity contribution in [2.45, 2.75) is 103 Å². The third-order valence-electron chi connectivity index (χ3n) is 4.89. The molecule has 0 bridgehead atoms. The molecule has 0 atom stereocenters. The van der Waals surface area contributed by atoms with Crippen LogP contribution in [0.25, 0.3) is 0 Å². The van der Waals surface area contributed by atoms with E-state index in [0.717, 1.165) is 6.54 Å². The SMILES string of the molecule is CCCCCCCCCCCCCCCCCN(C)CCNC. The zero-order valence-corrected chi connectivity index (χ0v) is 16.7. The molecule has 0 saturated carbocycles. The van der Waals surface area contributed by atoms with Gasteiger partial charge >= 0.3 is 0 Å². The van der Waals surface area contributed by atoms with Crippen molar-refractivity contribution >= 4 is 0 Å². The summed E-state index contributed by atoms with van der Waals surface area (Å²) in [5, 5.41) is 3.21. The van der Waals surface area contributed by atoms with Gasteiger partial charge in [0.05, 0.1) is 0 Å². The van der Waals surface area contributed by atoms with E-state index >= 15 is 0 Å². The third-order valence-corrected chi connectivity index (χ3v) is 4.89. The van der Waals surface area contributed by atoms with E-state index in [1.54, 1.807) is 0 Å². The van der Waals surface area contributed by atoms with Crippen molar-refractivity contribution in [3.05, 3.63) is 0 Å². The van der Waals surface area contributed by atoms with Gasteiger partial charge in [-0.05, 0) is 27.1 Å². The highest BCUT2D eigenvalue weighted by Crippen LogP contribution is 2.13. The molecular weight excluding hydrogens is 280 g/mol. The molecule has 0 aliphatic heterocycles. The minimum atomic E-state index is 1.11. The first-order valence-electron chi connectivity index (χ1n) is 10.6. The molecule has 0 rings (SSSR count). The zero-order chi connectivity index (χ0) is 17.0. The molecule has 0 fully saturated rings. The van der Waals surface area contributed by atoms with Gasteiger partial charge in [0.15, 0.2) is 0 Å². The van der Waals surface area contributed by atoms with Gasteiger partial charge in [0.25, 0.3) is 0 Å². The van der Waals surface area contributed by atoms with Crippen LogP contribution in [-0.4, -0.2) is 38.6 Å². The van der Waals surface area contributed by atoms with Crippen molar-refractivity contribution in [2.24, 2.45) is 0 Å². The lowest BCUT2D eigenvalue weighted by Crippen LogP contribution is -2.28. The molecular formula is C21H46N2. The van der Waals surface area contributed by atoms with Gasteiger partial charge in [-0.15, -0.1) is 0 Å². The fourth-order valence-corrected chi connectivity index (χ4v) is 3.17. The molecule has 140 valence electrons. The minimum Gasteiger partial charge on any atom is -0.318 e. The van der Waals surface area contributed by atoms with Crippen molar-refractivity contribution in [3.8, 4) is 0 Å². The maximum absolute atomic E-state index is 3.21. The highest BCUT2D eigenvalue weighted by molar-refractivity contribution is 4.54. The van der Waals surface area contributed by atoms with Crippen LogP contribution >= 0.6 is 0 Å². The maximum Gasteiger partial charge on any atom is 0.0104 e. The van der Waals surface area contributed by atoms with E-state index in [-0.39, 0.29) is 0 Å². The first-order chi connectivity index (χ1) is 11.3. The van der Waals surface area contributed by atoms with Crippen LogP contribution in [0.4, 0.5) is 0 Å². The van der Waals surface area contributed by atoms with Gasteiger partial charge in [-0.25, -0.2) is 0 Å². The van der Waals surface area contributed by atoms with Crippen LogP contribution in [0.3, 0.4) is 0 Å². The smallest absolute Gasteiger partial charge is 0.0104 e. The normalized spacial score (nSPS) is 11.5.